The van der Waals surface area contributed by atoms with Crippen LogP contribution >= 0.6 is 0 Å². The van der Waals surface area contributed by atoms with Crippen molar-refractivity contribution in [2.45, 2.75) is 38.1 Å². The first kappa shape index (κ1) is 7.99. The number of hydrogen-bond acceptors (Lipinski definition) is 1. The summed E-state index contributed by atoms with van der Waals surface area (Å²) in [5, 5.41) is 3.39. The predicted molar refractivity (Wildman–Crippen MR) is 40.9 cm³/mol. The molecule has 0 atom stereocenters. The van der Waals surface area contributed by atoms with Crippen molar-refractivity contribution in [3.63, 3.8) is 0 Å². The normalized spacial score (nSPS) is 17.7. The molecule has 0 aromatic heterocycles. The van der Waals surface area contributed by atoms with E-state index in [2.05, 4.69) is 5.32 Å². The van der Waals surface area contributed by atoms with E-state index in [-0.39, 0.29) is 6.67 Å². The SMILES string of the molecule is FCCCCCNC1CC1. The quantitative estimate of drug-likeness (QED) is 0.563. The van der Waals surface area contributed by atoms with Crippen LogP contribution in [0.4, 0.5) is 4.39 Å². The molecule has 0 bridgehead atoms. The highest BCUT2D eigenvalue weighted by atomic mass is 19.1. The Balaban J connectivity index is 1.68. The molecular weight excluding hydrogens is 129 g/mol. The van der Waals surface area contributed by atoms with Crippen LogP contribution in [0.15, 0.2) is 0 Å². The molecule has 10 heavy (non-hydrogen) atoms. The second-order valence-electron chi connectivity index (χ2n) is 2.98. The molecule has 1 nitrogen and oxygen atoms in total. The van der Waals surface area contributed by atoms with E-state index in [4.69, 9.17) is 0 Å². The molecule has 0 amide bonds. The van der Waals surface area contributed by atoms with Crippen LogP contribution < -0.4 is 5.32 Å². The van der Waals surface area contributed by atoms with Crippen molar-refractivity contribution in [1.82, 2.24) is 5.32 Å². The highest BCUT2D eigenvalue weighted by Gasteiger charge is 2.19. The summed E-state index contributed by atoms with van der Waals surface area (Å²) in [6.07, 6.45) is 5.62. The van der Waals surface area contributed by atoms with Gasteiger partial charge in [-0.25, -0.2) is 0 Å². The third kappa shape index (κ3) is 3.83. The zero-order valence-electron chi connectivity index (χ0n) is 6.41. The average molecular weight is 145 g/mol. The molecule has 1 aliphatic rings. The van der Waals surface area contributed by atoms with E-state index in [1.165, 1.54) is 12.8 Å². The van der Waals surface area contributed by atoms with Crippen LogP contribution in [0.5, 0.6) is 0 Å². The van der Waals surface area contributed by atoms with Crippen molar-refractivity contribution in [3.05, 3.63) is 0 Å². The van der Waals surface area contributed by atoms with Crippen molar-refractivity contribution in [2.75, 3.05) is 13.2 Å². The number of hydrogen-bond donors (Lipinski definition) is 1. The molecule has 2 heteroatoms. The Morgan fingerprint density at radius 3 is 2.60 bits per heavy atom. The molecule has 0 unspecified atom stereocenters. The lowest BCUT2D eigenvalue weighted by Gasteiger charge is -1.99. The number of alkyl halides is 1. The van der Waals surface area contributed by atoms with E-state index in [1.54, 1.807) is 0 Å². The van der Waals surface area contributed by atoms with Crippen LogP contribution in [-0.4, -0.2) is 19.3 Å². The van der Waals surface area contributed by atoms with Crippen molar-refractivity contribution in [3.8, 4) is 0 Å². The van der Waals surface area contributed by atoms with E-state index in [0.717, 1.165) is 31.8 Å². The standard InChI is InChI=1S/C8H16FN/c9-6-2-1-3-7-10-8-4-5-8/h8,10H,1-7H2. The van der Waals surface area contributed by atoms with Gasteiger partial charge in [-0.2, -0.15) is 0 Å². The summed E-state index contributed by atoms with van der Waals surface area (Å²) < 4.78 is 11.6. The molecule has 1 fully saturated rings. The van der Waals surface area contributed by atoms with Crippen LogP contribution in [-0.2, 0) is 0 Å². The van der Waals surface area contributed by atoms with Crippen LogP contribution in [0, 0.1) is 0 Å². The summed E-state index contributed by atoms with van der Waals surface area (Å²) in [4.78, 5) is 0. The van der Waals surface area contributed by atoms with E-state index >= 15 is 0 Å². The number of halogens is 1. The monoisotopic (exact) mass is 145 g/mol. The van der Waals surface area contributed by atoms with Gasteiger partial charge in [0.2, 0.25) is 0 Å². The zero-order valence-corrected chi connectivity index (χ0v) is 6.41. The van der Waals surface area contributed by atoms with Gasteiger partial charge in [-0.15, -0.1) is 0 Å². The maximum Gasteiger partial charge on any atom is 0.0894 e. The molecule has 0 aromatic rings. The summed E-state index contributed by atoms with van der Waals surface area (Å²) >= 11 is 0. The van der Waals surface area contributed by atoms with E-state index in [0.29, 0.717) is 0 Å². The molecule has 1 N–H and O–H groups in total. The maximum absolute atomic E-state index is 11.6. The Kier molecular flexibility index (Phi) is 3.73. The topological polar surface area (TPSA) is 12.0 Å². The van der Waals surface area contributed by atoms with Crippen LogP contribution in [0.3, 0.4) is 0 Å². The molecule has 1 aliphatic carbocycles. The first-order chi connectivity index (χ1) is 4.93. The Hall–Kier alpha value is -0.110. The summed E-state index contributed by atoms with van der Waals surface area (Å²) in [5.41, 5.74) is 0. The van der Waals surface area contributed by atoms with Gasteiger partial charge in [-0.05, 0) is 38.6 Å². The van der Waals surface area contributed by atoms with Gasteiger partial charge in [0, 0.05) is 6.04 Å². The second-order valence-corrected chi connectivity index (χ2v) is 2.98. The lowest BCUT2D eigenvalue weighted by Crippen LogP contribution is -2.17. The molecule has 0 aromatic carbocycles. The highest BCUT2D eigenvalue weighted by molar-refractivity contribution is 4.80. The molecule has 0 heterocycles. The fraction of sp³-hybridized carbons (Fsp3) is 1.00. The lowest BCUT2D eigenvalue weighted by molar-refractivity contribution is 0.452. The first-order valence-corrected chi connectivity index (χ1v) is 4.23. The van der Waals surface area contributed by atoms with Gasteiger partial charge in [0.25, 0.3) is 0 Å². The minimum Gasteiger partial charge on any atom is -0.314 e. The number of unbranched alkanes of at least 4 members (excludes halogenated alkanes) is 2. The number of nitrogens with one attached hydrogen (secondary N) is 1. The fourth-order valence-corrected chi connectivity index (χ4v) is 0.990. The second kappa shape index (κ2) is 4.67. The summed E-state index contributed by atoms with van der Waals surface area (Å²) in [7, 11) is 0. The van der Waals surface area contributed by atoms with E-state index in [9.17, 15) is 4.39 Å². The largest absolute Gasteiger partial charge is 0.314 e. The van der Waals surface area contributed by atoms with E-state index in [1.807, 2.05) is 0 Å². The van der Waals surface area contributed by atoms with Crippen LogP contribution in [0.25, 0.3) is 0 Å². The van der Waals surface area contributed by atoms with Gasteiger partial charge in [0.05, 0.1) is 6.67 Å². The smallest absolute Gasteiger partial charge is 0.0894 e. The van der Waals surface area contributed by atoms with Crippen molar-refractivity contribution >= 4 is 0 Å². The van der Waals surface area contributed by atoms with Gasteiger partial charge >= 0.3 is 0 Å². The predicted octanol–water partition coefficient (Wildman–Crippen LogP) is 1.88. The van der Waals surface area contributed by atoms with E-state index < -0.39 is 0 Å². The van der Waals surface area contributed by atoms with Crippen molar-refractivity contribution < 1.29 is 4.39 Å². The van der Waals surface area contributed by atoms with Crippen molar-refractivity contribution in [2.24, 2.45) is 0 Å². The fourth-order valence-electron chi connectivity index (χ4n) is 0.990. The molecule has 1 saturated carbocycles. The molecule has 0 spiro atoms. The minimum atomic E-state index is -0.149. The molecule has 0 aliphatic heterocycles. The molecule has 0 radical (unpaired) electrons. The highest BCUT2D eigenvalue weighted by Crippen LogP contribution is 2.18. The number of rotatable bonds is 6. The van der Waals surface area contributed by atoms with Gasteiger partial charge < -0.3 is 5.32 Å². The molecule has 0 saturated heterocycles. The van der Waals surface area contributed by atoms with Gasteiger partial charge in [0.15, 0.2) is 0 Å². The molecule has 60 valence electrons. The Labute approximate surface area is 62.0 Å². The minimum absolute atomic E-state index is 0.149. The lowest BCUT2D eigenvalue weighted by atomic mass is 10.2. The Bertz CT molecular complexity index is 81.3. The summed E-state index contributed by atoms with van der Waals surface area (Å²) in [6.45, 7) is 0.939. The molecular formula is C8H16FN. The first-order valence-electron chi connectivity index (χ1n) is 4.23. The maximum atomic E-state index is 11.6. The van der Waals surface area contributed by atoms with Gasteiger partial charge in [0.1, 0.15) is 0 Å². The van der Waals surface area contributed by atoms with Gasteiger partial charge in [-0.1, -0.05) is 0 Å². The van der Waals surface area contributed by atoms with Crippen LogP contribution in [0.2, 0.25) is 0 Å². The third-order valence-corrected chi connectivity index (χ3v) is 1.82. The van der Waals surface area contributed by atoms with Gasteiger partial charge in [-0.3, -0.25) is 4.39 Å². The zero-order chi connectivity index (χ0) is 7.23. The summed E-state index contributed by atoms with van der Waals surface area (Å²) in [6, 6.07) is 0.811. The third-order valence-electron chi connectivity index (χ3n) is 1.82. The van der Waals surface area contributed by atoms with Crippen molar-refractivity contribution in [1.29, 1.82) is 0 Å². The van der Waals surface area contributed by atoms with Crippen LogP contribution in [0.1, 0.15) is 32.1 Å². The summed E-state index contributed by atoms with van der Waals surface area (Å²) in [5.74, 6) is 0. The Morgan fingerprint density at radius 1 is 1.20 bits per heavy atom. The molecule has 1 rings (SSSR count). The average Bonchev–Trinajstić information content (AvgIpc) is 2.71. The Morgan fingerprint density at radius 2 is 2.00 bits per heavy atom.